The van der Waals surface area contributed by atoms with Crippen LogP contribution >= 0.6 is 0 Å². The lowest BCUT2D eigenvalue weighted by Gasteiger charge is -2.10. The van der Waals surface area contributed by atoms with E-state index in [4.69, 9.17) is 0 Å². The maximum absolute atomic E-state index is 13.9. The predicted octanol–water partition coefficient (Wildman–Crippen LogP) is 4.68. The molecule has 0 aliphatic heterocycles. The molecule has 3 heterocycles. The molecule has 0 radical (unpaired) electrons. The molecule has 1 aromatic carbocycles. The number of amides is 1. The highest BCUT2D eigenvalue weighted by molar-refractivity contribution is 6.02. The largest absolute Gasteiger partial charge is 0.433 e. The quantitative estimate of drug-likeness (QED) is 0.320. The minimum Gasteiger partial charge on any atom is -0.304 e. The first-order valence-corrected chi connectivity index (χ1v) is 10.2. The molecule has 35 heavy (non-hydrogen) atoms. The van der Waals surface area contributed by atoms with Gasteiger partial charge in [0.05, 0.1) is 12.1 Å². The average Bonchev–Trinajstić information content (AvgIpc) is 3.40. The van der Waals surface area contributed by atoms with Crippen molar-refractivity contribution in [3.63, 3.8) is 0 Å². The van der Waals surface area contributed by atoms with Crippen molar-refractivity contribution in [2.75, 3.05) is 5.32 Å². The Morgan fingerprint density at radius 1 is 1.03 bits per heavy atom. The molecule has 182 valence electrons. The minimum atomic E-state index is -4.73. The summed E-state index contributed by atoms with van der Waals surface area (Å²) in [5, 5.41) is 9.86. The second-order valence-electron chi connectivity index (χ2n) is 7.94. The first kappa shape index (κ1) is 22.8. The van der Waals surface area contributed by atoms with Crippen LogP contribution in [0, 0.1) is 23.3 Å². The second kappa shape index (κ2) is 8.06. The van der Waals surface area contributed by atoms with Gasteiger partial charge in [-0.2, -0.15) is 23.4 Å². The van der Waals surface area contributed by atoms with Crippen LogP contribution in [0.15, 0.2) is 30.5 Å². The van der Waals surface area contributed by atoms with Crippen molar-refractivity contribution in [1.29, 1.82) is 0 Å². The van der Waals surface area contributed by atoms with Gasteiger partial charge in [-0.1, -0.05) is 0 Å². The van der Waals surface area contributed by atoms with Gasteiger partial charge < -0.3 is 5.32 Å². The Morgan fingerprint density at radius 2 is 1.71 bits per heavy atom. The number of benzene rings is 1. The summed E-state index contributed by atoms with van der Waals surface area (Å²) in [6.07, 6.45) is -2.11. The van der Waals surface area contributed by atoms with E-state index in [2.05, 4.69) is 20.5 Å². The van der Waals surface area contributed by atoms with Crippen molar-refractivity contribution in [3.8, 4) is 0 Å². The van der Waals surface area contributed by atoms with Crippen LogP contribution in [0.4, 0.5) is 36.6 Å². The lowest BCUT2D eigenvalue weighted by Crippen LogP contribution is -2.16. The summed E-state index contributed by atoms with van der Waals surface area (Å²) in [5.74, 6) is -7.48. The standard InChI is InChI=1S/C21H13F7N6O/c22-11-5-12(23)19(25)10(18(11)24)8-33-4-3-16(32-33)30-20(35)14-7-17-29-13(9-1-2-9)6-15(21(26,27)28)34(17)31-14/h3-7,9H,1-2,8H2,(H,30,32,35). The average molecular weight is 498 g/mol. The summed E-state index contributed by atoms with van der Waals surface area (Å²) >= 11 is 0. The molecule has 0 saturated heterocycles. The lowest BCUT2D eigenvalue weighted by molar-refractivity contribution is -0.142. The normalized spacial score (nSPS) is 14.0. The van der Waals surface area contributed by atoms with Crippen molar-refractivity contribution >= 4 is 17.4 Å². The Hall–Kier alpha value is -3.97. The SMILES string of the molecule is O=C(Nc1ccn(Cc2c(F)c(F)cc(F)c2F)n1)c1cc2nc(C3CC3)cc(C(F)(F)F)n2n1. The molecule has 1 amide bonds. The third-order valence-corrected chi connectivity index (χ3v) is 5.37. The number of halogens is 7. The van der Waals surface area contributed by atoms with E-state index in [1.807, 2.05) is 0 Å². The first-order chi connectivity index (χ1) is 16.5. The van der Waals surface area contributed by atoms with E-state index in [-0.39, 0.29) is 34.8 Å². The van der Waals surface area contributed by atoms with Gasteiger partial charge in [-0.05, 0) is 18.9 Å². The number of carbonyl (C=O) groups excluding carboxylic acids is 1. The number of nitrogens with zero attached hydrogens (tertiary/aromatic N) is 5. The molecule has 1 fully saturated rings. The van der Waals surface area contributed by atoms with Gasteiger partial charge in [-0.25, -0.2) is 27.1 Å². The summed E-state index contributed by atoms with van der Waals surface area (Å²) in [4.78, 5) is 16.7. The number of hydrogen-bond donors (Lipinski definition) is 1. The first-order valence-electron chi connectivity index (χ1n) is 10.2. The fourth-order valence-electron chi connectivity index (χ4n) is 3.52. The van der Waals surface area contributed by atoms with Crippen molar-refractivity contribution in [3.05, 3.63) is 76.4 Å². The van der Waals surface area contributed by atoms with E-state index < -0.39 is 53.2 Å². The molecule has 0 spiro atoms. The van der Waals surface area contributed by atoms with Gasteiger partial charge in [0, 0.05) is 36.0 Å². The number of aromatic nitrogens is 5. The predicted molar refractivity (Wildman–Crippen MR) is 106 cm³/mol. The molecule has 1 saturated carbocycles. The Balaban J connectivity index is 1.39. The van der Waals surface area contributed by atoms with Gasteiger partial charge in [-0.15, -0.1) is 0 Å². The van der Waals surface area contributed by atoms with Crippen LogP contribution in [-0.2, 0) is 12.7 Å². The Labute approximate surface area is 191 Å². The summed E-state index contributed by atoms with van der Waals surface area (Å²) in [7, 11) is 0. The van der Waals surface area contributed by atoms with Crippen molar-refractivity contribution in [2.24, 2.45) is 0 Å². The van der Waals surface area contributed by atoms with Crippen molar-refractivity contribution in [2.45, 2.75) is 31.5 Å². The summed E-state index contributed by atoms with van der Waals surface area (Å²) in [6.45, 7) is -0.695. The molecule has 0 bridgehead atoms. The monoisotopic (exact) mass is 498 g/mol. The molecule has 14 heteroatoms. The molecule has 5 rings (SSSR count). The van der Waals surface area contributed by atoms with Crippen LogP contribution in [0.1, 0.15) is 46.2 Å². The van der Waals surface area contributed by atoms with E-state index in [1.165, 1.54) is 12.3 Å². The molecule has 4 aromatic rings. The number of rotatable bonds is 5. The van der Waals surface area contributed by atoms with Crippen LogP contribution in [0.3, 0.4) is 0 Å². The third kappa shape index (κ3) is 4.31. The van der Waals surface area contributed by atoms with Crippen LogP contribution in [0.5, 0.6) is 0 Å². The minimum absolute atomic E-state index is 0.0709. The zero-order chi connectivity index (χ0) is 25.1. The number of carbonyl (C=O) groups is 1. The van der Waals surface area contributed by atoms with Crippen LogP contribution in [0.25, 0.3) is 5.65 Å². The summed E-state index contributed by atoms with van der Waals surface area (Å²) < 4.78 is 96.6. The molecular formula is C21H13F7N6O. The van der Waals surface area contributed by atoms with E-state index in [0.29, 0.717) is 4.52 Å². The van der Waals surface area contributed by atoms with Crippen LogP contribution < -0.4 is 5.32 Å². The molecule has 0 atom stereocenters. The molecule has 1 aliphatic carbocycles. The van der Waals surface area contributed by atoms with E-state index in [0.717, 1.165) is 29.7 Å². The summed E-state index contributed by atoms with van der Waals surface area (Å²) in [6, 6.07) is 3.29. The van der Waals surface area contributed by atoms with E-state index in [9.17, 15) is 35.5 Å². The number of fused-ring (bicyclic) bond motifs is 1. The summed E-state index contributed by atoms with van der Waals surface area (Å²) in [5.41, 5.74) is -2.25. The van der Waals surface area contributed by atoms with Gasteiger partial charge in [0.15, 0.2) is 40.4 Å². The van der Waals surface area contributed by atoms with E-state index >= 15 is 0 Å². The Morgan fingerprint density at radius 3 is 2.34 bits per heavy atom. The van der Waals surface area contributed by atoms with E-state index in [1.54, 1.807) is 0 Å². The third-order valence-electron chi connectivity index (χ3n) is 5.37. The maximum atomic E-state index is 13.9. The highest BCUT2D eigenvalue weighted by atomic mass is 19.4. The Bertz CT molecular complexity index is 1450. The smallest absolute Gasteiger partial charge is 0.304 e. The zero-order valence-electron chi connectivity index (χ0n) is 17.4. The van der Waals surface area contributed by atoms with Crippen LogP contribution in [0.2, 0.25) is 0 Å². The number of hydrogen-bond acceptors (Lipinski definition) is 4. The number of alkyl halides is 3. The van der Waals surface area contributed by atoms with Crippen LogP contribution in [-0.4, -0.2) is 30.3 Å². The second-order valence-corrected chi connectivity index (χ2v) is 7.94. The van der Waals surface area contributed by atoms with Gasteiger partial charge in [0.2, 0.25) is 0 Å². The fourth-order valence-corrected chi connectivity index (χ4v) is 3.52. The van der Waals surface area contributed by atoms with Gasteiger partial charge in [-0.3, -0.25) is 9.48 Å². The maximum Gasteiger partial charge on any atom is 0.433 e. The lowest BCUT2D eigenvalue weighted by atomic mass is 10.2. The molecule has 7 nitrogen and oxygen atoms in total. The highest BCUT2D eigenvalue weighted by Gasteiger charge is 2.37. The molecule has 0 unspecified atom stereocenters. The molecular weight excluding hydrogens is 485 g/mol. The Kier molecular flexibility index (Phi) is 5.25. The van der Waals surface area contributed by atoms with Gasteiger partial charge in [0.1, 0.15) is 5.69 Å². The number of anilines is 1. The molecule has 1 N–H and O–H groups in total. The van der Waals surface area contributed by atoms with Gasteiger partial charge in [0.25, 0.3) is 5.91 Å². The number of nitrogens with one attached hydrogen (secondary N) is 1. The van der Waals surface area contributed by atoms with Crippen molar-refractivity contribution in [1.82, 2.24) is 24.4 Å². The topological polar surface area (TPSA) is 77.1 Å². The van der Waals surface area contributed by atoms with Crippen molar-refractivity contribution < 1.29 is 35.5 Å². The fraction of sp³-hybridized carbons (Fsp3) is 0.238. The molecule has 3 aromatic heterocycles. The van der Waals surface area contributed by atoms with Gasteiger partial charge >= 0.3 is 6.18 Å². The zero-order valence-corrected chi connectivity index (χ0v) is 17.4. The molecule has 1 aliphatic rings. The highest BCUT2D eigenvalue weighted by Crippen LogP contribution is 2.41.